The highest BCUT2D eigenvalue weighted by Crippen LogP contribution is 2.31. The van der Waals surface area contributed by atoms with Crippen LogP contribution in [0.15, 0.2) is 65.3 Å². The van der Waals surface area contributed by atoms with Gasteiger partial charge in [-0.3, -0.25) is 4.79 Å². The third-order valence-corrected chi connectivity index (χ3v) is 5.39. The summed E-state index contributed by atoms with van der Waals surface area (Å²) in [6, 6.07) is 17.3. The summed E-state index contributed by atoms with van der Waals surface area (Å²) in [5, 5.41) is 0.00276. The van der Waals surface area contributed by atoms with Crippen LogP contribution in [-0.4, -0.2) is 15.2 Å². The van der Waals surface area contributed by atoms with Crippen molar-refractivity contribution in [1.29, 1.82) is 0 Å². The third-order valence-electron chi connectivity index (χ3n) is 3.17. The van der Waals surface area contributed by atoms with Crippen molar-refractivity contribution in [2.24, 2.45) is 4.99 Å². The molecule has 0 saturated carbocycles. The zero-order chi connectivity index (χ0) is 16.8. The predicted octanol–water partition coefficient (Wildman–Crippen LogP) is 5.59. The van der Waals surface area contributed by atoms with E-state index in [-0.39, 0.29) is 5.12 Å². The number of carbonyl (C=O) groups is 1. The molecule has 0 atom stereocenters. The number of carbonyl (C=O) groups excluding carboxylic acids is 1. The summed E-state index contributed by atoms with van der Waals surface area (Å²) in [6.45, 7) is 2.12. The average molecular weight is 355 g/mol. The fourth-order valence-electron chi connectivity index (χ4n) is 2.09. The normalized spacial score (nSPS) is 15.6. The minimum absolute atomic E-state index is 0.00276. The van der Waals surface area contributed by atoms with Crippen molar-refractivity contribution in [3.05, 3.63) is 65.9 Å². The number of aliphatic imine (C=N–C) groups is 1. The first-order valence-corrected chi connectivity index (χ1v) is 9.53. The lowest BCUT2D eigenvalue weighted by atomic mass is 10.2. The van der Waals surface area contributed by atoms with Gasteiger partial charge in [0.15, 0.2) is 0 Å². The summed E-state index contributed by atoms with van der Waals surface area (Å²) in [7, 11) is 0. The molecule has 122 valence electrons. The molecule has 0 N–H and O–H groups in total. The molecule has 2 aromatic carbocycles. The molecule has 5 heteroatoms. The Morgan fingerprint density at radius 3 is 2.71 bits per heavy atom. The van der Waals surface area contributed by atoms with Gasteiger partial charge in [0, 0.05) is 0 Å². The van der Waals surface area contributed by atoms with E-state index < -0.39 is 0 Å². The highest BCUT2D eigenvalue weighted by Gasteiger charge is 2.22. The summed E-state index contributed by atoms with van der Waals surface area (Å²) in [6.07, 6.45) is 2.88. The number of hydrogen-bond acceptors (Lipinski definition) is 5. The van der Waals surface area contributed by atoms with Gasteiger partial charge < -0.3 is 4.74 Å². The van der Waals surface area contributed by atoms with E-state index in [1.165, 1.54) is 11.8 Å². The second-order valence-electron chi connectivity index (χ2n) is 5.13. The summed E-state index contributed by atoms with van der Waals surface area (Å²) >= 11 is 2.85. The van der Waals surface area contributed by atoms with Crippen molar-refractivity contribution in [2.75, 3.05) is 5.75 Å². The first kappa shape index (κ1) is 16.9. The predicted molar refractivity (Wildman–Crippen MR) is 104 cm³/mol. The van der Waals surface area contributed by atoms with Crippen molar-refractivity contribution in [3.8, 4) is 11.5 Å². The van der Waals surface area contributed by atoms with Crippen LogP contribution in [0.4, 0.5) is 0 Å². The molecule has 0 bridgehead atoms. The topological polar surface area (TPSA) is 38.7 Å². The second kappa shape index (κ2) is 8.22. The van der Waals surface area contributed by atoms with Crippen molar-refractivity contribution in [2.45, 2.75) is 13.3 Å². The Balaban J connectivity index is 1.76. The second-order valence-corrected chi connectivity index (χ2v) is 7.44. The number of hydrogen-bond donors (Lipinski definition) is 0. The highest BCUT2D eigenvalue weighted by atomic mass is 32.2. The lowest BCUT2D eigenvalue weighted by molar-refractivity contribution is -0.107. The lowest BCUT2D eigenvalue weighted by Crippen LogP contribution is -1.89. The number of rotatable bonds is 5. The number of nitrogens with zero attached hydrogens (tertiary/aromatic N) is 1. The fraction of sp³-hybridized carbons (Fsp3) is 0.158. The largest absolute Gasteiger partial charge is 0.457 e. The molecule has 24 heavy (non-hydrogen) atoms. The standard InChI is InChI=1S/C19H17NO2S2/c1-2-11-23-19-20-17(18(21)24-19)13-14-7-6-10-16(12-14)22-15-8-4-3-5-9-15/h3-10,12-13H,2,11H2,1H3. The molecule has 0 aromatic heterocycles. The van der Waals surface area contributed by atoms with E-state index in [1.54, 1.807) is 11.8 Å². The van der Waals surface area contributed by atoms with Gasteiger partial charge in [0.1, 0.15) is 21.6 Å². The van der Waals surface area contributed by atoms with Gasteiger partial charge in [-0.25, -0.2) is 4.99 Å². The van der Waals surface area contributed by atoms with Crippen LogP contribution in [0.5, 0.6) is 11.5 Å². The summed E-state index contributed by atoms with van der Waals surface area (Å²) in [5.41, 5.74) is 1.40. The monoisotopic (exact) mass is 355 g/mol. The molecule has 2 aromatic rings. The summed E-state index contributed by atoms with van der Waals surface area (Å²) in [5.74, 6) is 2.50. The Morgan fingerprint density at radius 1 is 1.12 bits per heavy atom. The van der Waals surface area contributed by atoms with Crippen molar-refractivity contribution >= 4 is 39.1 Å². The maximum atomic E-state index is 12.1. The van der Waals surface area contributed by atoms with Crippen LogP contribution in [0.25, 0.3) is 6.08 Å². The van der Waals surface area contributed by atoms with Crippen molar-refractivity contribution in [1.82, 2.24) is 0 Å². The van der Waals surface area contributed by atoms with Gasteiger partial charge in [0.2, 0.25) is 5.12 Å². The van der Waals surface area contributed by atoms with Crippen LogP contribution in [0.2, 0.25) is 0 Å². The summed E-state index contributed by atoms with van der Waals surface area (Å²) < 4.78 is 6.66. The molecule has 0 amide bonds. The van der Waals surface area contributed by atoms with Crippen LogP contribution in [0.3, 0.4) is 0 Å². The van der Waals surface area contributed by atoms with Gasteiger partial charge in [-0.05, 0) is 59.8 Å². The molecule has 1 aliphatic heterocycles. The van der Waals surface area contributed by atoms with Gasteiger partial charge in [-0.1, -0.05) is 49.0 Å². The minimum Gasteiger partial charge on any atom is -0.457 e. The SMILES string of the molecule is CCCSC1=NC(=Cc2cccc(Oc3ccccc3)c2)C(=O)S1. The van der Waals surface area contributed by atoms with Crippen LogP contribution in [0, 0.1) is 0 Å². The Hall–Kier alpha value is -1.98. The lowest BCUT2D eigenvalue weighted by Gasteiger charge is -2.06. The molecule has 0 spiro atoms. The quantitative estimate of drug-likeness (QED) is 0.655. The minimum atomic E-state index is 0.00276. The van der Waals surface area contributed by atoms with Crippen LogP contribution >= 0.6 is 23.5 Å². The summed E-state index contributed by atoms with van der Waals surface area (Å²) in [4.78, 5) is 16.5. The molecule has 0 saturated heterocycles. The number of benzene rings is 2. The molecule has 0 fully saturated rings. The average Bonchev–Trinajstić information content (AvgIpc) is 2.94. The molecule has 3 nitrogen and oxygen atoms in total. The number of ether oxygens (including phenoxy) is 1. The Bertz CT molecular complexity index is 785. The Kier molecular flexibility index (Phi) is 5.77. The van der Waals surface area contributed by atoms with Crippen LogP contribution in [-0.2, 0) is 4.79 Å². The van der Waals surface area contributed by atoms with E-state index in [2.05, 4.69) is 11.9 Å². The highest BCUT2D eigenvalue weighted by molar-refractivity contribution is 8.45. The van der Waals surface area contributed by atoms with E-state index in [4.69, 9.17) is 4.74 Å². The number of thioether (sulfide) groups is 2. The fourth-order valence-corrected chi connectivity index (χ4v) is 3.86. The van der Waals surface area contributed by atoms with E-state index in [0.717, 1.165) is 33.6 Å². The maximum Gasteiger partial charge on any atom is 0.244 e. The third kappa shape index (κ3) is 4.52. The zero-order valence-corrected chi connectivity index (χ0v) is 14.9. The van der Waals surface area contributed by atoms with Gasteiger partial charge in [0.25, 0.3) is 0 Å². The van der Waals surface area contributed by atoms with E-state index in [9.17, 15) is 4.79 Å². The molecule has 0 unspecified atom stereocenters. The zero-order valence-electron chi connectivity index (χ0n) is 13.3. The molecule has 1 aliphatic rings. The van der Waals surface area contributed by atoms with E-state index >= 15 is 0 Å². The van der Waals surface area contributed by atoms with Gasteiger partial charge >= 0.3 is 0 Å². The van der Waals surface area contributed by atoms with Crippen LogP contribution < -0.4 is 4.74 Å². The van der Waals surface area contributed by atoms with Crippen molar-refractivity contribution in [3.63, 3.8) is 0 Å². The maximum absolute atomic E-state index is 12.1. The smallest absolute Gasteiger partial charge is 0.244 e. The molecular weight excluding hydrogens is 338 g/mol. The first-order valence-electron chi connectivity index (χ1n) is 7.73. The van der Waals surface area contributed by atoms with Gasteiger partial charge in [-0.2, -0.15) is 0 Å². The molecule has 0 aliphatic carbocycles. The molecule has 0 radical (unpaired) electrons. The van der Waals surface area contributed by atoms with Crippen molar-refractivity contribution < 1.29 is 9.53 Å². The van der Waals surface area contributed by atoms with Gasteiger partial charge in [-0.15, -0.1) is 0 Å². The Labute approximate surface area is 150 Å². The van der Waals surface area contributed by atoms with Gasteiger partial charge in [0.05, 0.1) is 0 Å². The first-order chi connectivity index (χ1) is 11.7. The molecular formula is C19H17NO2S2. The van der Waals surface area contributed by atoms with E-state index in [0.29, 0.717) is 5.70 Å². The number of para-hydroxylation sites is 1. The van der Waals surface area contributed by atoms with E-state index in [1.807, 2.05) is 60.7 Å². The molecule has 3 rings (SSSR count). The van der Waals surface area contributed by atoms with Crippen LogP contribution in [0.1, 0.15) is 18.9 Å². The Morgan fingerprint density at radius 2 is 1.92 bits per heavy atom. The molecule has 1 heterocycles.